The maximum Gasteiger partial charge on any atom is 0.111 e. The summed E-state index contributed by atoms with van der Waals surface area (Å²) in [4.78, 5) is 4.72. The molecule has 0 fully saturated rings. The minimum absolute atomic E-state index is 0.450. The number of imidazole rings is 1. The van der Waals surface area contributed by atoms with Crippen LogP contribution in [0.15, 0.2) is 18.2 Å². The van der Waals surface area contributed by atoms with E-state index < -0.39 is 0 Å². The first kappa shape index (κ1) is 16.6. The number of hydrogen-bond donors (Lipinski definition) is 0. The minimum atomic E-state index is 0.450. The molecule has 1 aromatic carbocycles. The number of unbranched alkanes of at least 4 members (excludes halogenated alkanes) is 3. The van der Waals surface area contributed by atoms with Crippen LogP contribution < -0.4 is 0 Å². The number of aromatic nitrogens is 2. The summed E-state index contributed by atoms with van der Waals surface area (Å²) in [6.45, 7) is 4.52. The molecule has 0 saturated heterocycles. The van der Waals surface area contributed by atoms with Crippen molar-refractivity contribution in [1.29, 1.82) is 0 Å². The van der Waals surface area contributed by atoms with Crippen molar-refractivity contribution < 1.29 is 0 Å². The van der Waals surface area contributed by atoms with Crippen LogP contribution in [0.1, 0.15) is 57.8 Å². The quantitative estimate of drug-likeness (QED) is 0.429. The molecule has 1 heterocycles. The summed E-state index contributed by atoms with van der Waals surface area (Å²) < 4.78 is 2.35. The first-order valence-electron chi connectivity index (χ1n) is 7.89. The summed E-state index contributed by atoms with van der Waals surface area (Å²) in [5.41, 5.74) is 2.14. The summed E-state index contributed by atoms with van der Waals surface area (Å²) in [6.07, 6.45) is 7.16. The predicted octanol–water partition coefficient (Wildman–Crippen LogP) is 6.00. The molecule has 2 aromatic rings. The fourth-order valence-electron chi connectivity index (χ4n) is 2.87. The summed E-state index contributed by atoms with van der Waals surface area (Å²) in [7, 11) is 0. The van der Waals surface area contributed by atoms with Crippen molar-refractivity contribution in [2.24, 2.45) is 0 Å². The van der Waals surface area contributed by atoms with Crippen molar-refractivity contribution in [1.82, 2.24) is 9.55 Å². The molecular formula is C17H24Cl2N2. The van der Waals surface area contributed by atoms with Gasteiger partial charge in [-0.2, -0.15) is 0 Å². The van der Waals surface area contributed by atoms with Crippen molar-refractivity contribution in [3.8, 4) is 0 Å². The van der Waals surface area contributed by atoms with Crippen LogP contribution in [0.25, 0.3) is 11.0 Å². The van der Waals surface area contributed by atoms with E-state index >= 15 is 0 Å². The smallest absolute Gasteiger partial charge is 0.111 e. The third-order valence-electron chi connectivity index (χ3n) is 3.96. The lowest BCUT2D eigenvalue weighted by Crippen LogP contribution is -2.10. The van der Waals surface area contributed by atoms with Crippen LogP contribution in [0.3, 0.4) is 0 Å². The molecule has 2 nitrogen and oxygen atoms in total. The number of nitrogens with zero attached hydrogens (tertiary/aromatic N) is 2. The molecule has 0 bridgehead atoms. The number of aryl methyl sites for hydroxylation is 1. The first-order valence-corrected chi connectivity index (χ1v) is 8.81. The van der Waals surface area contributed by atoms with E-state index in [0.29, 0.717) is 11.9 Å². The third-order valence-corrected chi connectivity index (χ3v) is 4.38. The van der Waals surface area contributed by atoms with Gasteiger partial charge >= 0.3 is 0 Å². The monoisotopic (exact) mass is 326 g/mol. The minimum Gasteiger partial charge on any atom is -0.325 e. The van der Waals surface area contributed by atoms with E-state index in [1.54, 1.807) is 0 Å². The van der Waals surface area contributed by atoms with E-state index in [0.717, 1.165) is 22.8 Å². The SMILES string of the molecule is CCCCCCC(C)n1c(CCCl)nc2cc(Cl)ccc21. The fraction of sp³-hybridized carbons (Fsp3) is 0.588. The number of alkyl halides is 1. The van der Waals surface area contributed by atoms with Gasteiger partial charge in [0.25, 0.3) is 0 Å². The van der Waals surface area contributed by atoms with Crippen LogP contribution >= 0.6 is 23.2 Å². The van der Waals surface area contributed by atoms with Crippen LogP contribution in [-0.2, 0) is 6.42 Å². The van der Waals surface area contributed by atoms with Gasteiger partial charge in [-0.1, -0.05) is 44.2 Å². The maximum atomic E-state index is 6.08. The highest BCUT2D eigenvalue weighted by atomic mass is 35.5. The Hall–Kier alpha value is -0.730. The van der Waals surface area contributed by atoms with E-state index in [1.807, 2.05) is 12.1 Å². The molecule has 0 N–H and O–H groups in total. The number of rotatable bonds is 8. The van der Waals surface area contributed by atoms with Gasteiger partial charge in [-0.15, -0.1) is 11.6 Å². The van der Waals surface area contributed by atoms with Crippen molar-refractivity contribution in [3.63, 3.8) is 0 Å². The third kappa shape index (κ3) is 4.14. The van der Waals surface area contributed by atoms with Crippen molar-refractivity contribution in [2.45, 2.75) is 58.4 Å². The number of fused-ring (bicyclic) bond motifs is 1. The second kappa shape index (κ2) is 8.05. The molecule has 0 radical (unpaired) electrons. The zero-order valence-electron chi connectivity index (χ0n) is 12.9. The fourth-order valence-corrected chi connectivity index (χ4v) is 3.21. The molecule has 21 heavy (non-hydrogen) atoms. The van der Waals surface area contributed by atoms with Gasteiger partial charge in [0.2, 0.25) is 0 Å². The van der Waals surface area contributed by atoms with Crippen molar-refractivity contribution >= 4 is 34.2 Å². The molecule has 0 saturated carbocycles. The molecule has 0 amide bonds. The summed E-state index contributed by atoms with van der Waals surface area (Å²) in [5.74, 6) is 1.67. The highest BCUT2D eigenvalue weighted by molar-refractivity contribution is 6.31. The van der Waals surface area contributed by atoms with E-state index in [-0.39, 0.29) is 0 Å². The Morgan fingerprint density at radius 1 is 1.24 bits per heavy atom. The second-order valence-corrected chi connectivity index (χ2v) is 6.48. The van der Waals surface area contributed by atoms with Gasteiger partial charge in [0.15, 0.2) is 0 Å². The molecule has 0 aliphatic heterocycles. The van der Waals surface area contributed by atoms with E-state index in [9.17, 15) is 0 Å². The van der Waals surface area contributed by atoms with Crippen LogP contribution in [-0.4, -0.2) is 15.4 Å². The van der Waals surface area contributed by atoms with Gasteiger partial charge in [-0.3, -0.25) is 0 Å². The average molecular weight is 327 g/mol. The van der Waals surface area contributed by atoms with Gasteiger partial charge in [0.05, 0.1) is 11.0 Å². The van der Waals surface area contributed by atoms with Gasteiger partial charge in [0.1, 0.15) is 5.82 Å². The van der Waals surface area contributed by atoms with E-state index in [2.05, 4.69) is 24.5 Å². The zero-order chi connectivity index (χ0) is 15.2. The molecule has 1 aromatic heterocycles. The van der Waals surface area contributed by atoms with Gasteiger partial charge in [0, 0.05) is 23.4 Å². The molecule has 0 spiro atoms. The lowest BCUT2D eigenvalue weighted by atomic mass is 10.1. The topological polar surface area (TPSA) is 17.8 Å². The Morgan fingerprint density at radius 3 is 2.76 bits per heavy atom. The lowest BCUT2D eigenvalue weighted by Gasteiger charge is -2.17. The van der Waals surface area contributed by atoms with Gasteiger partial charge in [-0.25, -0.2) is 4.98 Å². The summed E-state index contributed by atoms with van der Waals surface area (Å²) in [5, 5.41) is 0.736. The van der Waals surface area contributed by atoms with Gasteiger partial charge in [-0.05, 0) is 31.5 Å². The molecule has 116 valence electrons. The van der Waals surface area contributed by atoms with Crippen LogP contribution in [0.5, 0.6) is 0 Å². The Bertz CT molecular complexity index is 577. The Balaban J connectivity index is 2.24. The largest absolute Gasteiger partial charge is 0.325 e. The molecule has 0 aliphatic carbocycles. The zero-order valence-corrected chi connectivity index (χ0v) is 14.4. The van der Waals surface area contributed by atoms with Crippen LogP contribution in [0, 0.1) is 0 Å². The average Bonchev–Trinajstić information content (AvgIpc) is 2.81. The molecule has 0 aliphatic rings. The van der Waals surface area contributed by atoms with Crippen LogP contribution in [0.2, 0.25) is 5.02 Å². The Morgan fingerprint density at radius 2 is 2.05 bits per heavy atom. The normalized spacial score (nSPS) is 13.0. The molecular weight excluding hydrogens is 303 g/mol. The summed E-state index contributed by atoms with van der Waals surface area (Å²) >= 11 is 12.0. The highest BCUT2D eigenvalue weighted by Crippen LogP contribution is 2.27. The Labute approximate surface area is 137 Å². The Kier molecular flexibility index (Phi) is 6.38. The lowest BCUT2D eigenvalue weighted by molar-refractivity contribution is 0.470. The summed E-state index contributed by atoms with van der Waals surface area (Å²) in [6, 6.07) is 6.40. The van der Waals surface area contributed by atoms with Gasteiger partial charge < -0.3 is 4.57 Å². The maximum absolute atomic E-state index is 6.08. The van der Waals surface area contributed by atoms with E-state index in [4.69, 9.17) is 28.2 Å². The number of hydrogen-bond acceptors (Lipinski definition) is 1. The standard InChI is InChI=1S/C17H24Cl2N2/c1-3-4-5-6-7-13(2)21-16-9-8-14(19)12-15(16)20-17(21)10-11-18/h8-9,12-13H,3-7,10-11H2,1-2H3. The second-order valence-electron chi connectivity index (χ2n) is 5.67. The first-order chi connectivity index (χ1) is 10.2. The van der Waals surface area contributed by atoms with E-state index in [1.165, 1.54) is 37.6 Å². The predicted molar refractivity (Wildman–Crippen MR) is 92.6 cm³/mol. The molecule has 1 unspecified atom stereocenters. The number of benzene rings is 1. The van der Waals surface area contributed by atoms with Crippen molar-refractivity contribution in [2.75, 3.05) is 5.88 Å². The van der Waals surface area contributed by atoms with Crippen LogP contribution in [0.4, 0.5) is 0 Å². The molecule has 2 rings (SSSR count). The number of halogens is 2. The molecule has 1 atom stereocenters. The molecule has 4 heteroatoms. The highest BCUT2D eigenvalue weighted by Gasteiger charge is 2.15. The van der Waals surface area contributed by atoms with Crippen molar-refractivity contribution in [3.05, 3.63) is 29.0 Å².